The number of rotatable bonds is 7. The Labute approximate surface area is 162 Å². The summed E-state index contributed by atoms with van der Waals surface area (Å²) in [5, 5.41) is 3.48. The molecule has 0 aliphatic carbocycles. The largest absolute Gasteiger partial charge is 0.493 e. The molecule has 0 unspecified atom stereocenters. The van der Waals surface area contributed by atoms with Crippen molar-refractivity contribution in [3.05, 3.63) is 88.7 Å². The van der Waals surface area contributed by atoms with Gasteiger partial charge in [0, 0.05) is 22.3 Å². The number of nitrogens with zero attached hydrogens (tertiary/aromatic N) is 1. The van der Waals surface area contributed by atoms with Crippen molar-refractivity contribution in [2.45, 2.75) is 13.2 Å². The average molecular weight is 383 g/mol. The Morgan fingerprint density at radius 1 is 1.07 bits per heavy atom. The van der Waals surface area contributed by atoms with Crippen LogP contribution in [-0.4, -0.2) is 18.0 Å². The molecule has 3 rings (SSSR count). The van der Waals surface area contributed by atoms with Gasteiger partial charge in [0.15, 0.2) is 11.5 Å². The summed E-state index contributed by atoms with van der Waals surface area (Å²) in [6.07, 6.45) is 1.69. The molecule has 0 saturated carbocycles. The Balaban J connectivity index is 1.66. The Hall–Kier alpha value is -3.05. The fourth-order valence-corrected chi connectivity index (χ4v) is 2.66. The van der Waals surface area contributed by atoms with Gasteiger partial charge in [-0.1, -0.05) is 35.9 Å². The Morgan fingerprint density at radius 3 is 2.63 bits per heavy atom. The van der Waals surface area contributed by atoms with Gasteiger partial charge < -0.3 is 14.8 Å². The lowest BCUT2D eigenvalue weighted by molar-refractivity contribution is 0.0950. The molecule has 6 heteroatoms. The summed E-state index contributed by atoms with van der Waals surface area (Å²) in [7, 11) is 1.53. The summed E-state index contributed by atoms with van der Waals surface area (Å²) in [6, 6.07) is 18.1. The zero-order valence-electron chi connectivity index (χ0n) is 14.8. The predicted molar refractivity (Wildman–Crippen MR) is 104 cm³/mol. The molecule has 1 heterocycles. The van der Waals surface area contributed by atoms with Crippen LogP contribution in [-0.2, 0) is 13.2 Å². The van der Waals surface area contributed by atoms with Crippen LogP contribution in [0.15, 0.2) is 66.9 Å². The van der Waals surface area contributed by atoms with Crippen molar-refractivity contribution >= 4 is 17.5 Å². The summed E-state index contributed by atoms with van der Waals surface area (Å²) in [4.78, 5) is 16.6. The number of benzene rings is 2. The maximum Gasteiger partial charge on any atom is 0.251 e. The van der Waals surface area contributed by atoms with E-state index >= 15 is 0 Å². The maximum atomic E-state index is 12.4. The van der Waals surface area contributed by atoms with Crippen LogP contribution >= 0.6 is 11.6 Å². The first-order valence-corrected chi connectivity index (χ1v) is 8.77. The molecule has 1 aromatic heterocycles. The summed E-state index contributed by atoms with van der Waals surface area (Å²) in [6.45, 7) is 0.661. The van der Waals surface area contributed by atoms with E-state index in [9.17, 15) is 4.79 Å². The van der Waals surface area contributed by atoms with Gasteiger partial charge in [-0.25, -0.2) is 0 Å². The van der Waals surface area contributed by atoms with Gasteiger partial charge in [-0.15, -0.1) is 0 Å². The molecule has 138 valence electrons. The summed E-state index contributed by atoms with van der Waals surface area (Å²) >= 11 is 6.15. The molecule has 5 nitrogen and oxygen atoms in total. The topological polar surface area (TPSA) is 60.5 Å². The van der Waals surface area contributed by atoms with Crippen molar-refractivity contribution in [1.29, 1.82) is 0 Å². The molecular weight excluding hydrogens is 364 g/mol. The van der Waals surface area contributed by atoms with Crippen molar-refractivity contribution < 1.29 is 14.3 Å². The van der Waals surface area contributed by atoms with Crippen molar-refractivity contribution in [3.63, 3.8) is 0 Å². The monoisotopic (exact) mass is 382 g/mol. The van der Waals surface area contributed by atoms with E-state index in [1.54, 1.807) is 24.4 Å². The van der Waals surface area contributed by atoms with Crippen LogP contribution in [0.1, 0.15) is 21.6 Å². The van der Waals surface area contributed by atoms with E-state index in [4.69, 9.17) is 21.1 Å². The quantitative estimate of drug-likeness (QED) is 0.663. The van der Waals surface area contributed by atoms with Gasteiger partial charge in [-0.2, -0.15) is 0 Å². The molecular formula is C21H19ClN2O3. The second kappa shape index (κ2) is 9.05. The van der Waals surface area contributed by atoms with Gasteiger partial charge in [0.05, 0.1) is 19.3 Å². The van der Waals surface area contributed by atoms with E-state index < -0.39 is 0 Å². The van der Waals surface area contributed by atoms with E-state index in [1.165, 1.54) is 7.11 Å². The minimum absolute atomic E-state index is 0.211. The molecule has 0 radical (unpaired) electrons. The molecule has 0 saturated heterocycles. The molecule has 0 atom stereocenters. The van der Waals surface area contributed by atoms with E-state index in [-0.39, 0.29) is 5.91 Å². The number of carbonyl (C=O) groups excluding carboxylic acids is 1. The van der Waals surface area contributed by atoms with Crippen LogP contribution in [0.4, 0.5) is 0 Å². The molecule has 0 aliphatic heterocycles. The van der Waals surface area contributed by atoms with Crippen molar-refractivity contribution in [1.82, 2.24) is 10.3 Å². The highest BCUT2D eigenvalue weighted by Gasteiger charge is 2.12. The van der Waals surface area contributed by atoms with Gasteiger partial charge in [0.2, 0.25) is 0 Å². The first-order valence-electron chi connectivity index (χ1n) is 8.39. The second-order valence-electron chi connectivity index (χ2n) is 5.75. The third-order valence-electron chi connectivity index (χ3n) is 3.92. The van der Waals surface area contributed by atoms with E-state index in [0.717, 1.165) is 11.3 Å². The zero-order valence-corrected chi connectivity index (χ0v) is 15.6. The summed E-state index contributed by atoms with van der Waals surface area (Å²) < 4.78 is 11.2. The molecule has 1 N–H and O–H groups in total. The highest BCUT2D eigenvalue weighted by atomic mass is 35.5. The highest BCUT2D eigenvalue weighted by Crippen LogP contribution is 2.29. The fraction of sp³-hybridized carbons (Fsp3) is 0.143. The Kier molecular flexibility index (Phi) is 6.28. The van der Waals surface area contributed by atoms with Crippen LogP contribution in [0.5, 0.6) is 11.5 Å². The number of aromatic nitrogens is 1. The number of ether oxygens (including phenoxy) is 2. The van der Waals surface area contributed by atoms with Gasteiger partial charge in [0.1, 0.15) is 6.61 Å². The van der Waals surface area contributed by atoms with Crippen molar-refractivity contribution in [3.8, 4) is 11.5 Å². The zero-order chi connectivity index (χ0) is 19.1. The van der Waals surface area contributed by atoms with Crippen LogP contribution in [0, 0.1) is 0 Å². The van der Waals surface area contributed by atoms with Crippen LogP contribution < -0.4 is 14.8 Å². The molecule has 0 bridgehead atoms. The molecule has 0 fully saturated rings. The standard InChI is InChI=1S/C21H19ClN2O3/c1-26-20-12-15(21(25)24-13-17-7-4-5-11-23-17)9-10-19(20)27-14-16-6-2-3-8-18(16)22/h2-12H,13-14H2,1H3,(H,24,25). The molecule has 1 amide bonds. The van der Waals surface area contributed by atoms with Crippen LogP contribution in [0.2, 0.25) is 5.02 Å². The van der Waals surface area contributed by atoms with Gasteiger partial charge in [0.25, 0.3) is 5.91 Å². The minimum Gasteiger partial charge on any atom is -0.493 e. The predicted octanol–water partition coefficient (Wildman–Crippen LogP) is 4.25. The number of methoxy groups -OCH3 is 1. The normalized spacial score (nSPS) is 10.3. The SMILES string of the molecule is COc1cc(C(=O)NCc2ccccn2)ccc1OCc1ccccc1Cl. The number of amides is 1. The van der Waals surface area contributed by atoms with E-state index in [0.29, 0.717) is 35.2 Å². The van der Waals surface area contributed by atoms with Gasteiger partial charge in [-0.3, -0.25) is 9.78 Å². The highest BCUT2D eigenvalue weighted by molar-refractivity contribution is 6.31. The lowest BCUT2D eigenvalue weighted by Gasteiger charge is -2.13. The number of halogens is 1. The van der Waals surface area contributed by atoms with Crippen LogP contribution in [0.25, 0.3) is 0 Å². The van der Waals surface area contributed by atoms with E-state index in [1.807, 2.05) is 42.5 Å². The fourth-order valence-electron chi connectivity index (χ4n) is 2.47. The van der Waals surface area contributed by atoms with Crippen LogP contribution in [0.3, 0.4) is 0 Å². The van der Waals surface area contributed by atoms with Crippen molar-refractivity contribution in [2.75, 3.05) is 7.11 Å². The molecule has 2 aromatic carbocycles. The van der Waals surface area contributed by atoms with E-state index in [2.05, 4.69) is 10.3 Å². The summed E-state index contributed by atoms with van der Waals surface area (Å²) in [5.74, 6) is 0.808. The van der Waals surface area contributed by atoms with Crippen molar-refractivity contribution in [2.24, 2.45) is 0 Å². The lowest BCUT2D eigenvalue weighted by atomic mass is 10.2. The average Bonchev–Trinajstić information content (AvgIpc) is 2.72. The van der Waals surface area contributed by atoms with Gasteiger partial charge >= 0.3 is 0 Å². The summed E-state index contributed by atoms with van der Waals surface area (Å²) in [5.41, 5.74) is 2.14. The Bertz CT molecular complexity index is 916. The second-order valence-corrected chi connectivity index (χ2v) is 6.16. The minimum atomic E-state index is -0.211. The number of nitrogens with one attached hydrogen (secondary N) is 1. The van der Waals surface area contributed by atoms with Gasteiger partial charge in [-0.05, 0) is 36.4 Å². The molecule has 3 aromatic rings. The lowest BCUT2D eigenvalue weighted by Crippen LogP contribution is -2.23. The third-order valence-corrected chi connectivity index (χ3v) is 4.29. The number of pyridine rings is 1. The third kappa shape index (κ3) is 4.99. The first-order chi connectivity index (χ1) is 13.2. The molecule has 0 spiro atoms. The number of hydrogen-bond donors (Lipinski definition) is 1. The Morgan fingerprint density at radius 2 is 1.89 bits per heavy atom. The number of hydrogen-bond acceptors (Lipinski definition) is 4. The maximum absolute atomic E-state index is 12.4. The number of carbonyl (C=O) groups is 1. The smallest absolute Gasteiger partial charge is 0.251 e. The molecule has 27 heavy (non-hydrogen) atoms. The first kappa shape index (κ1) is 18.7. The molecule has 0 aliphatic rings.